The topological polar surface area (TPSA) is 63.6 Å². The zero-order valence-corrected chi connectivity index (χ0v) is 9.21. The summed E-state index contributed by atoms with van der Waals surface area (Å²) in [5.74, 6) is 0. The lowest BCUT2D eigenvalue weighted by molar-refractivity contribution is 0.774. The SMILES string of the molecule is Cn1[nH]c(=O)c2cc(-c3ccncc3)cnc21. The van der Waals surface area contributed by atoms with Crippen molar-refractivity contribution >= 4 is 11.0 Å². The molecule has 1 N–H and O–H groups in total. The van der Waals surface area contributed by atoms with E-state index in [9.17, 15) is 4.79 Å². The van der Waals surface area contributed by atoms with Gasteiger partial charge in [-0.15, -0.1) is 0 Å². The van der Waals surface area contributed by atoms with Gasteiger partial charge in [-0.3, -0.25) is 19.6 Å². The Morgan fingerprint density at radius 2 is 2.00 bits per heavy atom. The van der Waals surface area contributed by atoms with Crippen LogP contribution in [0.1, 0.15) is 0 Å². The van der Waals surface area contributed by atoms with Crippen LogP contribution >= 0.6 is 0 Å². The van der Waals surface area contributed by atoms with Crippen LogP contribution in [0.3, 0.4) is 0 Å². The first-order chi connectivity index (χ1) is 8.25. The lowest BCUT2D eigenvalue weighted by Crippen LogP contribution is -2.01. The Bertz CT molecular complexity index is 727. The van der Waals surface area contributed by atoms with Gasteiger partial charge in [-0.25, -0.2) is 4.98 Å². The average Bonchev–Trinajstić information content (AvgIpc) is 2.66. The molecule has 17 heavy (non-hydrogen) atoms. The lowest BCUT2D eigenvalue weighted by atomic mass is 10.1. The van der Waals surface area contributed by atoms with Crippen molar-refractivity contribution in [2.24, 2.45) is 7.05 Å². The van der Waals surface area contributed by atoms with Crippen LogP contribution < -0.4 is 5.56 Å². The van der Waals surface area contributed by atoms with Gasteiger partial charge in [0.1, 0.15) is 0 Å². The van der Waals surface area contributed by atoms with Crippen molar-refractivity contribution in [3.8, 4) is 11.1 Å². The van der Waals surface area contributed by atoms with Gasteiger partial charge in [0.2, 0.25) is 0 Å². The number of H-pyrrole nitrogens is 1. The number of pyridine rings is 2. The molecule has 3 heterocycles. The quantitative estimate of drug-likeness (QED) is 0.680. The van der Waals surface area contributed by atoms with Crippen LogP contribution in [0.5, 0.6) is 0 Å². The number of hydrogen-bond acceptors (Lipinski definition) is 3. The van der Waals surface area contributed by atoms with Gasteiger partial charge in [-0.2, -0.15) is 0 Å². The number of hydrogen-bond donors (Lipinski definition) is 1. The summed E-state index contributed by atoms with van der Waals surface area (Å²) < 4.78 is 1.62. The molecule has 0 saturated carbocycles. The summed E-state index contributed by atoms with van der Waals surface area (Å²) in [6, 6.07) is 5.62. The van der Waals surface area contributed by atoms with Gasteiger partial charge in [0.25, 0.3) is 5.56 Å². The highest BCUT2D eigenvalue weighted by Gasteiger charge is 2.07. The van der Waals surface area contributed by atoms with Gasteiger partial charge in [0, 0.05) is 31.2 Å². The number of aromatic nitrogens is 4. The first-order valence-electron chi connectivity index (χ1n) is 5.21. The molecule has 0 spiro atoms. The summed E-state index contributed by atoms with van der Waals surface area (Å²) in [7, 11) is 1.77. The Morgan fingerprint density at radius 3 is 2.76 bits per heavy atom. The largest absolute Gasteiger partial charge is 0.273 e. The van der Waals surface area contributed by atoms with Crippen LogP contribution in [-0.4, -0.2) is 19.7 Å². The molecule has 84 valence electrons. The number of nitrogens with one attached hydrogen (secondary N) is 1. The number of rotatable bonds is 1. The second kappa shape index (κ2) is 3.55. The van der Waals surface area contributed by atoms with Crippen LogP contribution in [0.4, 0.5) is 0 Å². The van der Waals surface area contributed by atoms with Gasteiger partial charge in [-0.05, 0) is 23.8 Å². The molecule has 3 aromatic heterocycles. The van der Waals surface area contributed by atoms with E-state index >= 15 is 0 Å². The maximum Gasteiger partial charge on any atom is 0.273 e. The highest BCUT2D eigenvalue weighted by atomic mass is 16.1. The molecular formula is C12H10N4O. The summed E-state index contributed by atoms with van der Waals surface area (Å²) >= 11 is 0. The third kappa shape index (κ3) is 1.52. The maximum absolute atomic E-state index is 11.7. The van der Waals surface area contributed by atoms with E-state index in [4.69, 9.17) is 0 Å². The summed E-state index contributed by atoms with van der Waals surface area (Å²) in [6.45, 7) is 0. The van der Waals surface area contributed by atoms with E-state index in [0.29, 0.717) is 11.0 Å². The van der Waals surface area contributed by atoms with Crippen molar-refractivity contribution in [1.82, 2.24) is 19.7 Å². The molecule has 0 radical (unpaired) electrons. The minimum Gasteiger partial charge on any atom is -0.271 e. The first kappa shape index (κ1) is 9.77. The van der Waals surface area contributed by atoms with Gasteiger partial charge < -0.3 is 0 Å². The number of aryl methyl sites for hydroxylation is 1. The molecule has 0 unspecified atom stereocenters. The second-order valence-electron chi connectivity index (χ2n) is 3.83. The Kier molecular flexibility index (Phi) is 2.04. The first-order valence-corrected chi connectivity index (χ1v) is 5.21. The van der Waals surface area contributed by atoms with E-state index in [1.54, 1.807) is 30.3 Å². The molecule has 5 nitrogen and oxygen atoms in total. The second-order valence-corrected chi connectivity index (χ2v) is 3.83. The summed E-state index contributed by atoms with van der Waals surface area (Å²) in [5, 5.41) is 3.28. The fraction of sp³-hybridized carbons (Fsp3) is 0.0833. The average molecular weight is 226 g/mol. The molecule has 3 aromatic rings. The van der Waals surface area contributed by atoms with E-state index in [2.05, 4.69) is 15.1 Å². The summed E-state index contributed by atoms with van der Waals surface area (Å²) in [6.07, 6.45) is 5.19. The van der Waals surface area contributed by atoms with E-state index < -0.39 is 0 Å². The molecule has 0 aliphatic heterocycles. The van der Waals surface area contributed by atoms with Crippen LogP contribution in [-0.2, 0) is 7.05 Å². The Hall–Kier alpha value is -2.43. The normalized spacial score (nSPS) is 10.9. The fourth-order valence-corrected chi connectivity index (χ4v) is 1.86. The highest BCUT2D eigenvalue weighted by Crippen LogP contribution is 2.19. The molecule has 0 aliphatic carbocycles. The van der Waals surface area contributed by atoms with Crippen molar-refractivity contribution in [1.29, 1.82) is 0 Å². The minimum absolute atomic E-state index is 0.120. The van der Waals surface area contributed by atoms with E-state index in [-0.39, 0.29) is 5.56 Å². The lowest BCUT2D eigenvalue weighted by Gasteiger charge is -2.00. The van der Waals surface area contributed by atoms with Crippen molar-refractivity contribution in [3.63, 3.8) is 0 Å². The third-order valence-corrected chi connectivity index (χ3v) is 2.71. The number of aromatic amines is 1. The van der Waals surface area contributed by atoms with E-state index in [0.717, 1.165) is 11.1 Å². The molecule has 0 atom stereocenters. The zero-order chi connectivity index (χ0) is 11.8. The van der Waals surface area contributed by atoms with E-state index in [1.165, 1.54) is 0 Å². The van der Waals surface area contributed by atoms with Crippen molar-refractivity contribution in [2.75, 3.05) is 0 Å². The Balaban J connectivity index is 2.27. The molecule has 0 saturated heterocycles. The van der Waals surface area contributed by atoms with Gasteiger partial charge in [0.05, 0.1) is 5.39 Å². The Morgan fingerprint density at radius 1 is 1.24 bits per heavy atom. The Labute approximate surface area is 96.7 Å². The molecule has 0 aliphatic rings. The molecule has 0 bridgehead atoms. The fourth-order valence-electron chi connectivity index (χ4n) is 1.86. The molecule has 0 fully saturated rings. The number of fused-ring (bicyclic) bond motifs is 1. The third-order valence-electron chi connectivity index (χ3n) is 2.71. The maximum atomic E-state index is 11.7. The van der Waals surface area contributed by atoms with Crippen LogP contribution in [0.2, 0.25) is 0 Å². The molecule has 0 aromatic carbocycles. The molecule has 5 heteroatoms. The predicted molar refractivity (Wildman–Crippen MR) is 64.6 cm³/mol. The highest BCUT2D eigenvalue weighted by molar-refractivity contribution is 5.80. The number of nitrogens with zero attached hydrogens (tertiary/aromatic N) is 3. The van der Waals surface area contributed by atoms with Gasteiger partial charge in [-0.1, -0.05) is 0 Å². The van der Waals surface area contributed by atoms with Crippen LogP contribution in [0, 0.1) is 0 Å². The molecule has 0 amide bonds. The van der Waals surface area contributed by atoms with Gasteiger partial charge >= 0.3 is 0 Å². The van der Waals surface area contributed by atoms with Crippen LogP contribution in [0.25, 0.3) is 22.2 Å². The monoisotopic (exact) mass is 226 g/mol. The molecule has 3 rings (SSSR count). The van der Waals surface area contributed by atoms with Crippen molar-refractivity contribution < 1.29 is 0 Å². The van der Waals surface area contributed by atoms with Gasteiger partial charge in [0.15, 0.2) is 5.65 Å². The van der Waals surface area contributed by atoms with Crippen molar-refractivity contribution in [3.05, 3.63) is 47.1 Å². The van der Waals surface area contributed by atoms with E-state index in [1.807, 2.05) is 18.2 Å². The minimum atomic E-state index is -0.120. The molecular weight excluding hydrogens is 216 g/mol. The standard InChI is InChI=1S/C12H10N4O/c1-16-11-10(12(17)15-16)6-9(7-14-11)8-2-4-13-5-3-8/h2-7H,1H3,(H,15,17). The summed E-state index contributed by atoms with van der Waals surface area (Å²) in [5.41, 5.74) is 2.45. The predicted octanol–water partition coefficient (Wildman–Crippen LogP) is 1.32. The zero-order valence-electron chi connectivity index (χ0n) is 9.21. The summed E-state index contributed by atoms with van der Waals surface area (Å²) in [4.78, 5) is 19.9. The van der Waals surface area contributed by atoms with Crippen molar-refractivity contribution in [2.45, 2.75) is 0 Å². The van der Waals surface area contributed by atoms with Crippen LogP contribution in [0.15, 0.2) is 41.6 Å². The smallest absolute Gasteiger partial charge is 0.271 e.